The first-order valence-electron chi connectivity index (χ1n) is 7.11. The Balaban J connectivity index is 2.18. The van der Waals surface area contributed by atoms with Crippen LogP contribution < -0.4 is 19.9 Å². The molecule has 0 atom stereocenters. The third-order valence-electron chi connectivity index (χ3n) is 3.53. The Morgan fingerprint density at radius 3 is 2.41 bits per heavy atom. The van der Waals surface area contributed by atoms with Crippen molar-refractivity contribution >= 4 is 5.96 Å². The predicted molar refractivity (Wildman–Crippen MR) is 83.8 cm³/mol. The lowest BCUT2D eigenvalue weighted by Gasteiger charge is -2.27. The van der Waals surface area contributed by atoms with Crippen LogP contribution in [0, 0.1) is 0 Å². The van der Waals surface area contributed by atoms with Crippen molar-refractivity contribution in [2.45, 2.75) is 6.54 Å². The van der Waals surface area contributed by atoms with E-state index in [1.807, 2.05) is 17.0 Å². The van der Waals surface area contributed by atoms with E-state index in [1.54, 1.807) is 21.3 Å². The highest BCUT2D eigenvalue weighted by molar-refractivity contribution is 5.78. The lowest BCUT2D eigenvalue weighted by Crippen LogP contribution is -2.44. The number of nitrogens with two attached hydrogens (primary N) is 1. The molecule has 0 bridgehead atoms. The maximum absolute atomic E-state index is 6.04. The Morgan fingerprint density at radius 2 is 1.82 bits per heavy atom. The van der Waals surface area contributed by atoms with Gasteiger partial charge in [0.25, 0.3) is 0 Å². The quantitative estimate of drug-likeness (QED) is 0.642. The van der Waals surface area contributed by atoms with Crippen molar-refractivity contribution in [2.75, 3.05) is 47.6 Å². The number of benzene rings is 1. The summed E-state index contributed by atoms with van der Waals surface area (Å²) in [6.07, 6.45) is 0. The zero-order valence-electron chi connectivity index (χ0n) is 13.3. The molecule has 122 valence electrons. The highest BCUT2D eigenvalue weighted by Gasteiger charge is 2.16. The fraction of sp³-hybridized carbons (Fsp3) is 0.533. The normalized spacial score (nSPS) is 15.6. The summed E-state index contributed by atoms with van der Waals surface area (Å²) in [7, 11) is 4.76. The summed E-state index contributed by atoms with van der Waals surface area (Å²) < 4.78 is 21.4. The molecular formula is C15H23N3O4. The summed E-state index contributed by atoms with van der Waals surface area (Å²) in [5.74, 6) is 2.30. The van der Waals surface area contributed by atoms with E-state index >= 15 is 0 Å². The minimum atomic E-state index is 0.409. The van der Waals surface area contributed by atoms with Gasteiger partial charge in [0.05, 0.1) is 41.1 Å². The van der Waals surface area contributed by atoms with Gasteiger partial charge in [-0.2, -0.15) is 0 Å². The molecule has 0 radical (unpaired) electrons. The van der Waals surface area contributed by atoms with Gasteiger partial charge in [-0.25, -0.2) is 4.99 Å². The minimum absolute atomic E-state index is 0.409. The van der Waals surface area contributed by atoms with Gasteiger partial charge in [0, 0.05) is 18.7 Å². The van der Waals surface area contributed by atoms with E-state index in [0.29, 0.717) is 43.0 Å². The molecule has 0 unspecified atom stereocenters. The van der Waals surface area contributed by atoms with Crippen LogP contribution in [-0.4, -0.2) is 58.5 Å². The van der Waals surface area contributed by atoms with Crippen LogP contribution in [-0.2, 0) is 11.3 Å². The van der Waals surface area contributed by atoms with E-state index in [1.165, 1.54) is 0 Å². The number of hydrogen-bond acceptors (Lipinski definition) is 5. The van der Waals surface area contributed by atoms with Crippen molar-refractivity contribution in [2.24, 2.45) is 10.7 Å². The number of methoxy groups -OCH3 is 3. The Labute approximate surface area is 130 Å². The first-order chi connectivity index (χ1) is 10.7. The summed E-state index contributed by atoms with van der Waals surface area (Å²) in [4.78, 5) is 6.46. The molecule has 0 saturated carbocycles. The first-order valence-corrected chi connectivity index (χ1v) is 7.11. The molecule has 2 rings (SSSR count). The van der Waals surface area contributed by atoms with Gasteiger partial charge in [-0.3, -0.25) is 0 Å². The van der Waals surface area contributed by atoms with Crippen LogP contribution in [0.25, 0.3) is 0 Å². The molecule has 1 aliphatic heterocycles. The average molecular weight is 309 g/mol. The summed E-state index contributed by atoms with van der Waals surface area (Å²) in [6, 6.07) is 3.73. The maximum Gasteiger partial charge on any atom is 0.203 e. The van der Waals surface area contributed by atoms with Gasteiger partial charge in [-0.15, -0.1) is 0 Å². The van der Waals surface area contributed by atoms with Crippen molar-refractivity contribution in [3.63, 3.8) is 0 Å². The average Bonchev–Trinajstić information content (AvgIpc) is 2.59. The van der Waals surface area contributed by atoms with Crippen molar-refractivity contribution in [1.82, 2.24) is 4.90 Å². The zero-order chi connectivity index (χ0) is 15.9. The van der Waals surface area contributed by atoms with Crippen molar-refractivity contribution in [3.8, 4) is 17.2 Å². The Bertz CT molecular complexity index is 528. The smallest absolute Gasteiger partial charge is 0.203 e. The van der Waals surface area contributed by atoms with Crippen molar-refractivity contribution in [3.05, 3.63) is 17.7 Å². The van der Waals surface area contributed by atoms with Gasteiger partial charge >= 0.3 is 0 Å². The molecule has 1 aromatic carbocycles. The third kappa shape index (κ3) is 3.54. The fourth-order valence-corrected chi connectivity index (χ4v) is 2.35. The summed E-state index contributed by atoms with van der Waals surface area (Å²) in [5.41, 5.74) is 6.92. The molecule has 0 aromatic heterocycles. The molecule has 7 nitrogen and oxygen atoms in total. The molecule has 2 N–H and O–H groups in total. The molecule has 1 fully saturated rings. The first kappa shape index (κ1) is 16.2. The molecule has 0 aliphatic carbocycles. The Kier molecular flexibility index (Phi) is 5.71. The summed E-state index contributed by atoms with van der Waals surface area (Å²) >= 11 is 0. The Morgan fingerprint density at radius 1 is 1.14 bits per heavy atom. The number of nitrogens with zero attached hydrogens (tertiary/aromatic N) is 2. The molecule has 1 aromatic rings. The number of morpholine rings is 1. The SMILES string of the molecule is COc1ccc(CN=C(N)N2CCOCC2)c(OC)c1OC. The van der Waals surface area contributed by atoms with Crippen LogP contribution in [0.1, 0.15) is 5.56 Å². The van der Waals surface area contributed by atoms with Gasteiger partial charge in [0.15, 0.2) is 17.5 Å². The molecule has 1 saturated heterocycles. The van der Waals surface area contributed by atoms with Crippen LogP contribution >= 0.6 is 0 Å². The van der Waals surface area contributed by atoms with E-state index in [-0.39, 0.29) is 0 Å². The number of rotatable bonds is 5. The second kappa shape index (κ2) is 7.74. The van der Waals surface area contributed by atoms with Gasteiger partial charge < -0.3 is 29.6 Å². The number of aliphatic imine (C=N–C) groups is 1. The molecule has 0 amide bonds. The van der Waals surface area contributed by atoms with E-state index < -0.39 is 0 Å². The number of hydrogen-bond donors (Lipinski definition) is 1. The summed E-state index contributed by atoms with van der Waals surface area (Å²) in [6.45, 7) is 3.29. The van der Waals surface area contributed by atoms with Gasteiger partial charge in [-0.1, -0.05) is 0 Å². The highest BCUT2D eigenvalue weighted by Crippen LogP contribution is 2.39. The maximum atomic E-state index is 6.04. The molecule has 7 heteroatoms. The van der Waals surface area contributed by atoms with Crippen LogP contribution in [0.2, 0.25) is 0 Å². The molecule has 1 aliphatic rings. The van der Waals surface area contributed by atoms with E-state index in [4.69, 9.17) is 24.7 Å². The van der Waals surface area contributed by atoms with E-state index in [9.17, 15) is 0 Å². The topological polar surface area (TPSA) is 78.5 Å². The molecule has 1 heterocycles. The van der Waals surface area contributed by atoms with Gasteiger partial charge in [-0.05, 0) is 12.1 Å². The van der Waals surface area contributed by atoms with Crippen LogP contribution in [0.3, 0.4) is 0 Å². The summed E-state index contributed by atoms with van der Waals surface area (Å²) in [5, 5.41) is 0. The predicted octanol–water partition coefficient (Wildman–Crippen LogP) is 0.859. The van der Waals surface area contributed by atoms with Crippen LogP contribution in [0.15, 0.2) is 17.1 Å². The standard InChI is InChI=1S/C15H23N3O4/c1-19-12-5-4-11(13(20-2)14(12)21-3)10-17-15(16)18-6-8-22-9-7-18/h4-5H,6-10H2,1-3H3,(H2,16,17). The zero-order valence-corrected chi connectivity index (χ0v) is 13.3. The van der Waals surface area contributed by atoms with Crippen LogP contribution in [0.5, 0.6) is 17.2 Å². The molecule has 22 heavy (non-hydrogen) atoms. The highest BCUT2D eigenvalue weighted by atomic mass is 16.5. The molecular weight excluding hydrogens is 286 g/mol. The number of guanidine groups is 1. The largest absolute Gasteiger partial charge is 0.493 e. The molecule has 0 spiro atoms. The van der Waals surface area contributed by atoms with Crippen LogP contribution in [0.4, 0.5) is 0 Å². The second-order valence-corrected chi connectivity index (χ2v) is 4.77. The third-order valence-corrected chi connectivity index (χ3v) is 3.53. The minimum Gasteiger partial charge on any atom is -0.493 e. The number of ether oxygens (including phenoxy) is 4. The van der Waals surface area contributed by atoms with Crippen molar-refractivity contribution < 1.29 is 18.9 Å². The lowest BCUT2D eigenvalue weighted by atomic mass is 10.1. The second-order valence-electron chi connectivity index (χ2n) is 4.77. The Hall–Kier alpha value is -2.15. The van der Waals surface area contributed by atoms with Crippen molar-refractivity contribution in [1.29, 1.82) is 0 Å². The fourth-order valence-electron chi connectivity index (χ4n) is 2.35. The van der Waals surface area contributed by atoms with Gasteiger partial charge in [0.2, 0.25) is 5.75 Å². The monoisotopic (exact) mass is 309 g/mol. The van der Waals surface area contributed by atoms with E-state index in [0.717, 1.165) is 18.7 Å². The lowest BCUT2D eigenvalue weighted by molar-refractivity contribution is 0.0674. The van der Waals surface area contributed by atoms with Gasteiger partial charge in [0.1, 0.15) is 0 Å². The van der Waals surface area contributed by atoms with E-state index in [2.05, 4.69) is 4.99 Å².